The molecule has 2 aromatic carbocycles. The number of carbonyl (C=O) groups is 2. The SMILES string of the molecule is O=C(N/N=C\c1cccc([N+](=O)[O-])c1)C1(C(=O)N/N=C\c2cccc([N+](=O)[O-])c2)CCC1. The molecule has 0 bridgehead atoms. The van der Waals surface area contributed by atoms with Gasteiger partial charge in [-0.2, -0.15) is 10.2 Å². The molecule has 0 unspecified atom stereocenters. The van der Waals surface area contributed by atoms with Crippen LogP contribution in [0.25, 0.3) is 0 Å². The zero-order valence-electron chi connectivity index (χ0n) is 16.6. The molecule has 0 spiro atoms. The molecule has 1 saturated carbocycles. The highest BCUT2D eigenvalue weighted by molar-refractivity contribution is 6.06. The van der Waals surface area contributed by atoms with Crippen LogP contribution in [0.3, 0.4) is 0 Å². The largest absolute Gasteiger partial charge is 0.272 e. The lowest BCUT2D eigenvalue weighted by molar-refractivity contribution is -0.385. The number of rotatable bonds is 8. The summed E-state index contributed by atoms with van der Waals surface area (Å²) in [5, 5.41) is 29.2. The molecule has 0 atom stereocenters. The van der Waals surface area contributed by atoms with Crippen LogP contribution in [0.2, 0.25) is 0 Å². The second kappa shape index (κ2) is 9.55. The van der Waals surface area contributed by atoms with Crippen LogP contribution in [0.4, 0.5) is 11.4 Å². The fraction of sp³-hybridized carbons (Fsp3) is 0.200. The average Bonchev–Trinajstić information content (AvgIpc) is 2.73. The molecule has 32 heavy (non-hydrogen) atoms. The number of hydrazone groups is 2. The molecule has 0 aromatic heterocycles. The molecular weight excluding hydrogens is 420 g/mol. The molecule has 0 heterocycles. The van der Waals surface area contributed by atoms with Crippen molar-refractivity contribution in [1.82, 2.24) is 10.9 Å². The van der Waals surface area contributed by atoms with Gasteiger partial charge in [0.25, 0.3) is 23.2 Å². The Morgan fingerprint density at radius 1 is 0.844 bits per heavy atom. The summed E-state index contributed by atoms with van der Waals surface area (Å²) >= 11 is 0. The quantitative estimate of drug-likeness (QED) is 0.277. The summed E-state index contributed by atoms with van der Waals surface area (Å²) in [6, 6.07) is 11.4. The van der Waals surface area contributed by atoms with Crippen LogP contribution in [0, 0.1) is 25.6 Å². The minimum absolute atomic E-state index is 0.114. The molecule has 0 aliphatic heterocycles. The first-order valence-electron chi connectivity index (χ1n) is 9.48. The Morgan fingerprint density at radius 2 is 1.28 bits per heavy atom. The molecule has 2 N–H and O–H groups in total. The topological polar surface area (TPSA) is 169 Å². The highest BCUT2D eigenvalue weighted by Gasteiger charge is 2.51. The van der Waals surface area contributed by atoms with Crippen molar-refractivity contribution in [3.8, 4) is 0 Å². The highest BCUT2D eigenvalue weighted by Crippen LogP contribution is 2.41. The number of nitro benzene ring substituents is 2. The lowest BCUT2D eigenvalue weighted by Crippen LogP contribution is -2.53. The molecule has 0 radical (unpaired) electrons. The third kappa shape index (κ3) is 4.98. The molecule has 164 valence electrons. The van der Waals surface area contributed by atoms with Crippen molar-refractivity contribution in [1.29, 1.82) is 0 Å². The number of non-ortho nitro benzene ring substituents is 2. The van der Waals surface area contributed by atoms with Crippen molar-refractivity contribution in [2.24, 2.45) is 15.6 Å². The Morgan fingerprint density at radius 3 is 1.62 bits per heavy atom. The molecule has 1 aliphatic rings. The third-order valence-corrected chi connectivity index (χ3v) is 5.00. The van der Waals surface area contributed by atoms with Gasteiger partial charge in [0.05, 0.1) is 22.3 Å². The van der Waals surface area contributed by atoms with Gasteiger partial charge < -0.3 is 0 Å². The van der Waals surface area contributed by atoms with Crippen molar-refractivity contribution in [2.75, 3.05) is 0 Å². The van der Waals surface area contributed by atoms with Crippen molar-refractivity contribution in [3.63, 3.8) is 0 Å². The summed E-state index contributed by atoms with van der Waals surface area (Å²) in [5.74, 6) is -1.23. The summed E-state index contributed by atoms with van der Waals surface area (Å²) in [6.45, 7) is 0. The van der Waals surface area contributed by atoms with E-state index in [9.17, 15) is 29.8 Å². The standard InChI is InChI=1S/C20H18N6O6/c27-18(23-21-12-14-4-1-6-16(10-14)25(29)30)20(8-3-9-20)19(28)24-22-13-15-5-2-7-17(11-15)26(31)32/h1-2,4-7,10-13H,3,8-9H2,(H,23,27)(H,24,28)/b21-12-,22-13-. The average molecular weight is 438 g/mol. The zero-order valence-corrected chi connectivity index (χ0v) is 16.6. The lowest BCUT2D eigenvalue weighted by Gasteiger charge is -2.36. The summed E-state index contributed by atoms with van der Waals surface area (Å²) < 4.78 is 0. The van der Waals surface area contributed by atoms with Crippen LogP contribution < -0.4 is 10.9 Å². The Balaban J connectivity index is 1.61. The molecule has 1 aliphatic carbocycles. The normalized spacial score (nSPS) is 14.6. The van der Waals surface area contributed by atoms with E-state index in [-0.39, 0.29) is 11.4 Å². The summed E-state index contributed by atoms with van der Waals surface area (Å²) in [6.07, 6.45) is 3.78. The van der Waals surface area contributed by atoms with E-state index in [0.717, 1.165) is 0 Å². The predicted octanol–water partition coefficient (Wildman–Crippen LogP) is 2.27. The van der Waals surface area contributed by atoms with Gasteiger partial charge in [-0.1, -0.05) is 30.7 Å². The first-order chi connectivity index (χ1) is 15.3. The Bertz CT molecular complexity index is 1040. The van der Waals surface area contributed by atoms with Gasteiger partial charge in [0.2, 0.25) is 0 Å². The fourth-order valence-corrected chi connectivity index (χ4v) is 3.07. The second-order valence-corrected chi connectivity index (χ2v) is 7.04. The van der Waals surface area contributed by atoms with Gasteiger partial charge in [-0.05, 0) is 12.8 Å². The van der Waals surface area contributed by atoms with Gasteiger partial charge in [-0.3, -0.25) is 29.8 Å². The number of carbonyl (C=O) groups excluding carboxylic acids is 2. The number of benzene rings is 2. The maximum Gasteiger partial charge on any atom is 0.270 e. The number of hydrogen-bond donors (Lipinski definition) is 2. The number of nitrogens with one attached hydrogen (secondary N) is 2. The Labute approximate surface area is 181 Å². The van der Waals surface area contributed by atoms with E-state index < -0.39 is 27.1 Å². The van der Waals surface area contributed by atoms with Crippen LogP contribution >= 0.6 is 0 Å². The maximum absolute atomic E-state index is 12.6. The van der Waals surface area contributed by atoms with Crippen molar-refractivity contribution in [3.05, 3.63) is 79.9 Å². The third-order valence-electron chi connectivity index (χ3n) is 5.00. The number of nitro groups is 2. The molecule has 12 heteroatoms. The molecule has 12 nitrogen and oxygen atoms in total. The van der Waals surface area contributed by atoms with E-state index in [2.05, 4.69) is 21.1 Å². The second-order valence-electron chi connectivity index (χ2n) is 7.04. The van der Waals surface area contributed by atoms with E-state index in [1.807, 2.05) is 0 Å². The van der Waals surface area contributed by atoms with Crippen LogP contribution in [0.15, 0.2) is 58.7 Å². The molecule has 2 aromatic rings. The Kier molecular flexibility index (Phi) is 6.63. The van der Waals surface area contributed by atoms with E-state index in [4.69, 9.17) is 0 Å². The molecule has 1 fully saturated rings. The maximum atomic E-state index is 12.6. The van der Waals surface area contributed by atoms with Crippen LogP contribution in [0.1, 0.15) is 30.4 Å². The summed E-state index contributed by atoms with van der Waals surface area (Å²) in [4.78, 5) is 45.7. The van der Waals surface area contributed by atoms with Gasteiger partial charge in [-0.25, -0.2) is 10.9 Å². The minimum Gasteiger partial charge on any atom is -0.272 e. The van der Waals surface area contributed by atoms with Crippen molar-refractivity contribution in [2.45, 2.75) is 19.3 Å². The summed E-state index contributed by atoms with van der Waals surface area (Å²) in [5.41, 5.74) is 3.87. The molecule has 0 saturated heterocycles. The molecular formula is C20H18N6O6. The van der Waals surface area contributed by atoms with E-state index in [1.54, 1.807) is 12.1 Å². The van der Waals surface area contributed by atoms with E-state index in [1.165, 1.54) is 48.8 Å². The van der Waals surface area contributed by atoms with Gasteiger partial charge >= 0.3 is 0 Å². The first-order valence-corrected chi connectivity index (χ1v) is 9.48. The molecule has 2 amide bonds. The first kappa shape index (κ1) is 22.2. The monoisotopic (exact) mass is 438 g/mol. The van der Waals surface area contributed by atoms with Gasteiger partial charge in [0.15, 0.2) is 0 Å². The summed E-state index contributed by atoms with van der Waals surface area (Å²) in [7, 11) is 0. The number of nitrogens with zero attached hydrogens (tertiary/aromatic N) is 4. The van der Waals surface area contributed by atoms with Crippen LogP contribution in [-0.2, 0) is 9.59 Å². The zero-order chi connectivity index (χ0) is 23.1. The molecule has 3 rings (SSSR count). The van der Waals surface area contributed by atoms with Crippen LogP contribution in [-0.4, -0.2) is 34.1 Å². The number of amides is 2. The minimum atomic E-state index is -1.33. The lowest BCUT2D eigenvalue weighted by atomic mass is 9.67. The predicted molar refractivity (Wildman–Crippen MR) is 114 cm³/mol. The fourth-order valence-electron chi connectivity index (χ4n) is 3.07. The van der Waals surface area contributed by atoms with Crippen molar-refractivity contribution < 1.29 is 19.4 Å². The Hall–Kier alpha value is -4.48. The van der Waals surface area contributed by atoms with Gasteiger partial charge in [0, 0.05) is 35.4 Å². The smallest absolute Gasteiger partial charge is 0.270 e. The van der Waals surface area contributed by atoms with E-state index in [0.29, 0.717) is 30.4 Å². The van der Waals surface area contributed by atoms with Gasteiger partial charge in [0.1, 0.15) is 5.41 Å². The van der Waals surface area contributed by atoms with Gasteiger partial charge in [-0.15, -0.1) is 0 Å². The highest BCUT2D eigenvalue weighted by atomic mass is 16.6. The van der Waals surface area contributed by atoms with E-state index >= 15 is 0 Å². The number of hydrogen-bond acceptors (Lipinski definition) is 8. The van der Waals surface area contributed by atoms with Crippen LogP contribution in [0.5, 0.6) is 0 Å². The van der Waals surface area contributed by atoms with Crippen molar-refractivity contribution >= 4 is 35.6 Å².